The molecular weight excluding hydrogens is 384 g/mol. The van der Waals surface area contributed by atoms with Crippen LogP contribution in [-0.4, -0.2) is 48.0 Å². The summed E-state index contributed by atoms with van der Waals surface area (Å²) in [6.45, 7) is 1.74. The van der Waals surface area contributed by atoms with E-state index < -0.39 is 22.5 Å². The second-order valence-corrected chi connectivity index (χ2v) is 7.69. The molecule has 9 heteroatoms. The van der Waals surface area contributed by atoms with Gasteiger partial charge < -0.3 is 19.5 Å². The standard InChI is InChI=1S/C19H24N2O6S/c1-5-27-17-9-7-6-8-16(17)21(28(4,23)24)13-19(22)20-15-11-10-14(25-2)12-18(15)26-3/h6-12H,5,13H2,1-4H3,(H,20,22). The van der Waals surface area contributed by atoms with Crippen molar-refractivity contribution in [1.29, 1.82) is 0 Å². The first-order valence-corrected chi connectivity index (χ1v) is 10.4. The van der Waals surface area contributed by atoms with Gasteiger partial charge in [0.1, 0.15) is 23.8 Å². The summed E-state index contributed by atoms with van der Waals surface area (Å²) in [4.78, 5) is 12.6. The first-order chi connectivity index (χ1) is 13.3. The van der Waals surface area contributed by atoms with Gasteiger partial charge in [-0.1, -0.05) is 12.1 Å². The number of nitrogens with one attached hydrogen (secondary N) is 1. The number of carbonyl (C=O) groups excluding carboxylic acids is 1. The van der Waals surface area contributed by atoms with E-state index in [2.05, 4.69) is 5.32 Å². The van der Waals surface area contributed by atoms with Gasteiger partial charge in [-0.15, -0.1) is 0 Å². The Morgan fingerprint density at radius 1 is 1.07 bits per heavy atom. The molecule has 0 atom stereocenters. The molecule has 0 aliphatic heterocycles. The Labute approximate surface area is 165 Å². The molecule has 0 unspecified atom stereocenters. The van der Waals surface area contributed by atoms with Gasteiger partial charge in [-0.05, 0) is 31.2 Å². The van der Waals surface area contributed by atoms with Gasteiger partial charge in [-0.3, -0.25) is 9.10 Å². The molecule has 1 N–H and O–H groups in total. The van der Waals surface area contributed by atoms with Crippen LogP contribution in [0.25, 0.3) is 0 Å². The van der Waals surface area contributed by atoms with Crippen LogP contribution in [0.15, 0.2) is 42.5 Å². The van der Waals surface area contributed by atoms with Crippen LogP contribution in [0, 0.1) is 0 Å². The fraction of sp³-hybridized carbons (Fsp3) is 0.316. The lowest BCUT2D eigenvalue weighted by molar-refractivity contribution is -0.114. The molecule has 0 saturated carbocycles. The summed E-state index contributed by atoms with van der Waals surface area (Å²) in [5.74, 6) is 0.817. The molecule has 0 aromatic heterocycles. The highest BCUT2D eigenvalue weighted by Crippen LogP contribution is 2.31. The number of anilines is 2. The third kappa shape index (κ3) is 5.29. The molecule has 0 heterocycles. The van der Waals surface area contributed by atoms with Crippen LogP contribution in [0.5, 0.6) is 17.2 Å². The number of hydrogen-bond donors (Lipinski definition) is 1. The largest absolute Gasteiger partial charge is 0.497 e. The zero-order chi connectivity index (χ0) is 20.7. The van der Waals surface area contributed by atoms with E-state index in [1.165, 1.54) is 14.2 Å². The van der Waals surface area contributed by atoms with E-state index in [0.29, 0.717) is 35.2 Å². The monoisotopic (exact) mass is 408 g/mol. The maximum absolute atomic E-state index is 12.6. The van der Waals surface area contributed by atoms with Gasteiger partial charge in [0.25, 0.3) is 0 Å². The summed E-state index contributed by atoms with van der Waals surface area (Å²) in [5.41, 5.74) is 0.698. The number of ether oxygens (including phenoxy) is 3. The Bertz CT molecular complexity index is 930. The van der Waals surface area contributed by atoms with Gasteiger partial charge in [0.15, 0.2) is 0 Å². The zero-order valence-corrected chi connectivity index (χ0v) is 17.1. The van der Waals surface area contributed by atoms with Crippen LogP contribution in [0.3, 0.4) is 0 Å². The molecule has 2 aromatic rings. The first-order valence-electron chi connectivity index (χ1n) is 8.51. The zero-order valence-electron chi connectivity index (χ0n) is 16.3. The van der Waals surface area contributed by atoms with E-state index in [1.807, 2.05) is 0 Å². The van der Waals surface area contributed by atoms with E-state index in [4.69, 9.17) is 14.2 Å². The van der Waals surface area contributed by atoms with E-state index in [1.54, 1.807) is 49.4 Å². The molecule has 152 valence electrons. The second kappa shape index (κ2) is 9.32. The average molecular weight is 408 g/mol. The van der Waals surface area contributed by atoms with E-state index >= 15 is 0 Å². The van der Waals surface area contributed by atoms with Gasteiger partial charge in [0.2, 0.25) is 15.9 Å². The number of benzene rings is 2. The number of carbonyl (C=O) groups is 1. The van der Waals surface area contributed by atoms with E-state index in [9.17, 15) is 13.2 Å². The Morgan fingerprint density at radius 3 is 2.39 bits per heavy atom. The first kappa shape index (κ1) is 21.4. The Morgan fingerprint density at radius 2 is 1.79 bits per heavy atom. The van der Waals surface area contributed by atoms with Crippen LogP contribution in [0.1, 0.15) is 6.92 Å². The van der Waals surface area contributed by atoms with Crippen LogP contribution in [-0.2, 0) is 14.8 Å². The quantitative estimate of drug-likeness (QED) is 0.685. The molecule has 0 aliphatic carbocycles. The van der Waals surface area contributed by atoms with Crippen LogP contribution >= 0.6 is 0 Å². The van der Waals surface area contributed by atoms with Crippen molar-refractivity contribution in [2.24, 2.45) is 0 Å². The van der Waals surface area contributed by atoms with Crippen molar-refractivity contribution in [3.8, 4) is 17.2 Å². The highest BCUT2D eigenvalue weighted by Gasteiger charge is 2.24. The van der Waals surface area contributed by atoms with Crippen molar-refractivity contribution >= 4 is 27.3 Å². The van der Waals surface area contributed by atoms with Crippen LogP contribution < -0.4 is 23.8 Å². The lowest BCUT2D eigenvalue weighted by Gasteiger charge is -2.24. The minimum Gasteiger partial charge on any atom is -0.497 e. The van der Waals surface area contributed by atoms with Crippen molar-refractivity contribution < 1.29 is 27.4 Å². The number of amides is 1. The van der Waals surface area contributed by atoms with Gasteiger partial charge in [0, 0.05) is 6.07 Å². The summed E-state index contributed by atoms with van der Waals surface area (Å²) in [5, 5.41) is 2.67. The summed E-state index contributed by atoms with van der Waals surface area (Å²) in [6, 6.07) is 11.6. The Hall–Kier alpha value is -2.94. The highest BCUT2D eigenvalue weighted by molar-refractivity contribution is 7.92. The van der Waals surface area contributed by atoms with Crippen molar-refractivity contribution in [3.05, 3.63) is 42.5 Å². The Kier molecular flexibility index (Phi) is 7.11. The van der Waals surface area contributed by atoms with Crippen LogP contribution in [0.2, 0.25) is 0 Å². The van der Waals surface area contributed by atoms with Crippen molar-refractivity contribution in [2.45, 2.75) is 6.92 Å². The Balaban J connectivity index is 2.28. The number of sulfonamides is 1. The molecule has 8 nitrogen and oxygen atoms in total. The van der Waals surface area contributed by atoms with E-state index in [0.717, 1.165) is 10.6 Å². The van der Waals surface area contributed by atoms with Gasteiger partial charge in [-0.25, -0.2) is 8.42 Å². The molecule has 2 rings (SSSR count). The minimum absolute atomic E-state index is 0.295. The average Bonchev–Trinajstić information content (AvgIpc) is 2.66. The molecule has 2 aromatic carbocycles. The van der Waals surface area contributed by atoms with Gasteiger partial charge >= 0.3 is 0 Å². The lowest BCUT2D eigenvalue weighted by atomic mass is 10.2. The smallest absolute Gasteiger partial charge is 0.245 e. The fourth-order valence-corrected chi connectivity index (χ4v) is 3.40. The number of hydrogen-bond acceptors (Lipinski definition) is 6. The third-order valence-electron chi connectivity index (χ3n) is 3.80. The highest BCUT2D eigenvalue weighted by atomic mass is 32.2. The van der Waals surface area contributed by atoms with Crippen LogP contribution in [0.4, 0.5) is 11.4 Å². The topological polar surface area (TPSA) is 94.2 Å². The maximum Gasteiger partial charge on any atom is 0.245 e. The third-order valence-corrected chi connectivity index (χ3v) is 4.93. The SMILES string of the molecule is CCOc1ccccc1N(CC(=O)Nc1ccc(OC)cc1OC)S(C)(=O)=O. The molecule has 0 spiro atoms. The number of para-hydroxylation sites is 2. The minimum atomic E-state index is -3.73. The number of rotatable bonds is 9. The van der Waals surface area contributed by atoms with Gasteiger partial charge in [0.05, 0.1) is 38.5 Å². The molecular formula is C19H24N2O6S. The van der Waals surface area contributed by atoms with Gasteiger partial charge in [-0.2, -0.15) is 0 Å². The van der Waals surface area contributed by atoms with Crippen molar-refractivity contribution in [1.82, 2.24) is 0 Å². The molecule has 0 radical (unpaired) electrons. The predicted octanol–water partition coefficient (Wildman–Crippen LogP) is 2.51. The van der Waals surface area contributed by atoms with Crippen molar-refractivity contribution in [2.75, 3.05) is 43.2 Å². The molecule has 28 heavy (non-hydrogen) atoms. The summed E-state index contributed by atoms with van der Waals surface area (Å²) >= 11 is 0. The molecule has 1 amide bonds. The lowest BCUT2D eigenvalue weighted by Crippen LogP contribution is -2.37. The predicted molar refractivity (Wildman–Crippen MR) is 108 cm³/mol. The molecule has 0 saturated heterocycles. The molecule has 0 aliphatic rings. The summed E-state index contributed by atoms with van der Waals surface area (Å²) < 4.78 is 41.5. The number of methoxy groups -OCH3 is 2. The molecule has 0 fully saturated rings. The fourth-order valence-electron chi connectivity index (χ4n) is 2.54. The normalized spacial score (nSPS) is 10.9. The summed E-state index contributed by atoms with van der Waals surface area (Å²) in [7, 11) is -0.747. The number of nitrogens with zero attached hydrogens (tertiary/aromatic N) is 1. The maximum atomic E-state index is 12.6. The summed E-state index contributed by atoms with van der Waals surface area (Å²) in [6.07, 6.45) is 1.04. The molecule has 0 bridgehead atoms. The second-order valence-electron chi connectivity index (χ2n) is 5.78. The van der Waals surface area contributed by atoms with Crippen molar-refractivity contribution in [3.63, 3.8) is 0 Å². The van der Waals surface area contributed by atoms with E-state index in [-0.39, 0.29) is 0 Å².